The summed E-state index contributed by atoms with van der Waals surface area (Å²) in [6.45, 7) is 13.3. The van der Waals surface area contributed by atoms with Crippen LogP contribution in [0.1, 0.15) is 91.2 Å². The van der Waals surface area contributed by atoms with Gasteiger partial charge in [-0.05, 0) is 68.7 Å². The molecule has 218 valence electrons. The van der Waals surface area contributed by atoms with Crippen LogP contribution in [0, 0.1) is 0 Å². The third kappa shape index (κ3) is 7.43. The molecule has 0 saturated carbocycles. The predicted molar refractivity (Wildman–Crippen MR) is 158 cm³/mol. The molecule has 2 aromatic carbocycles. The number of fused-ring (bicyclic) bond motifs is 3. The Balaban J connectivity index is 1.79. The zero-order valence-corrected chi connectivity index (χ0v) is 25.2. The Morgan fingerprint density at radius 2 is 1.23 bits per heavy atom. The summed E-state index contributed by atoms with van der Waals surface area (Å²) in [5.74, 6) is -0.799. The van der Waals surface area contributed by atoms with E-state index in [-0.39, 0.29) is 43.6 Å². The summed E-state index contributed by atoms with van der Waals surface area (Å²) in [4.78, 5) is 43.1. The van der Waals surface area contributed by atoms with Crippen LogP contribution in [0.2, 0.25) is 0 Å². The average Bonchev–Trinajstić information content (AvgIpc) is 3.24. The number of esters is 1. The van der Waals surface area contributed by atoms with Crippen LogP contribution in [0.25, 0.3) is 11.1 Å². The van der Waals surface area contributed by atoms with Crippen molar-refractivity contribution in [3.05, 3.63) is 59.7 Å². The second-order valence-corrected chi connectivity index (χ2v) is 11.5. The molecule has 0 fully saturated rings. The zero-order chi connectivity index (χ0) is 29.4. The van der Waals surface area contributed by atoms with E-state index < -0.39 is 17.7 Å². The van der Waals surface area contributed by atoms with Crippen LogP contribution in [0.15, 0.2) is 48.5 Å². The van der Waals surface area contributed by atoms with Gasteiger partial charge in [0.25, 0.3) is 0 Å². The van der Waals surface area contributed by atoms with Crippen molar-refractivity contribution in [2.24, 2.45) is 0 Å². The second kappa shape index (κ2) is 13.8. The molecule has 0 radical (unpaired) electrons. The lowest BCUT2D eigenvalue weighted by atomic mass is 9.98. The van der Waals surface area contributed by atoms with Gasteiger partial charge < -0.3 is 14.4 Å². The van der Waals surface area contributed by atoms with Gasteiger partial charge in [-0.3, -0.25) is 14.5 Å². The number of carbonyl (C=O) groups is 3. The molecule has 0 atom stereocenters. The van der Waals surface area contributed by atoms with Crippen molar-refractivity contribution in [3.8, 4) is 11.1 Å². The maximum absolute atomic E-state index is 13.7. The fourth-order valence-electron chi connectivity index (χ4n) is 5.65. The first kappa shape index (κ1) is 31.2. The van der Waals surface area contributed by atoms with E-state index in [2.05, 4.69) is 24.3 Å². The summed E-state index contributed by atoms with van der Waals surface area (Å²) < 4.78 is 11.5. The maximum atomic E-state index is 13.7. The minimum absolute atomic E-state index is 0.0659. The first-order chi connectivity index (χ1) is 19.0. The maximum Gasteiger partial charge on any atom is 0.410 e. The lowest BCUT2D eigenvalue weighted by molar-refractivity contribution is -0.160. The fourth-order valence-corrected chi connectivity index (χ4v) is 5.65. The molecule has 40 heavy (non-hydrogen) atoms. The van der Waals surface area contributed by atoms with E-state index in [4.69, 9.17) is 9.47 Å². The molecule has 2 amide bonds. The highest BCUT2D eigenvalue weighted by atomic mass is 16.6. The summed E-state index contributed by atoms with van der Waals surface area (Å²) in [6.07, 6.45) is 2.25. The highest BCUT2D eigenvalue weighted by Gasteiger charge is 2.33. The Morgan fingerprint density at radius 1 is 0.750 bits per heavy atom. The number of amides is 2. The van der Waals surface area contributed by atoms with Gasteiger partial charge in [0.2, 0.25) is 5.91 Å². The lowest BCUT2D eigenvalue weighted by Crippen LogP contribution is -2.51. The van der Waals surface area contributed by atoms with E-state index in [1.54, 1.807) is 30.6 Å². The molecule has 2 aromatic rings. The van der Waals surface area contributed by atoms with Crippen LogP contribution in [0.4, 0.5) is 4.79 Å². The molecule has 0 heterocycles. The molecule has 0 saturated heterocycles. The van der Waals surface area contributed by atoms with Crippen LogP contribution in [-0.2, 0) is 19.1 Å². The summed E-state index contributed by atoms with van der Waals surface area (Å²) in [5.41, 5.74) is 3.95. The largest absolute Gasteiger partial charge is 0.459 e. The predicted octanol–water partition coefficient (Wildman–Crippen LogP) is 6.79. The van der Waals surface area contributed by atoms with Gasteiger partial charge in [-0.1, -0.05) is 76.2 Å². The van der Waals surface area contributed by atoms with Crippen molar-refractivity contribution in [2.45, 2.75) is 97.8 Å². The Bertz CT molecular complexity index is 1120. The van der Waals surface area contributed by atoms with Gasteiger partial charge in [-0.25, -0.2) is 4.79 Å². The standard InChI is InChI=1S/C33H46N2O5/c1-8-23(9-2)34(21-31(37)40-33(5,6)7)30(36)20-35(24(10-3)11-4)32(38)39-22-29-27-18-14-12-16-25(27)26-17-13-15-19-28(26)29/h12-19,23-24,29H,8-11,20-22H2,1-7H3. The number of rotatable bonds is 12. The molecule has 3 rings (SSSR count). The molecular formula is C33H46N2O5. The molecule has 0 spiro atoms. The highest BCUT2D eigenvalue weighted by Crippen LogP contribution is 2.44. The van der Waals surface area contributed by atoms with E-state index in [0.717, 1.165) is 22.3 Å². The van der Waals surface area contributed by atoms with Gasteiger partial charge in [0.1, 0.15) is 25.3 Å². The molecule has 1 aliphatic rings. The summed E-state index contributed by atoms with van der Waals surface area (Å²) in [6, 6.07) is 16.1. The van der Waals surface area contributed by atoms with E-state index in [1.807, 2.05) is 52.0 Å². The first-order valence-electron chi connectivity index (χ1n) is 14.7. The van der Waals surface area contributed by atoms with Crippen molar-refractivity contribution >= 4 is 18.0 Å². The number of benzene rings is 2. The molecule has 7 heteroatoms. The smallest absolute Gasteiger partial charge is 0.410 e. The van der Waals surface area contributed by atoms with Gasteiger partial charge in [0.15, 0.2) is 0 Å². The molecule has 7 nitrogen and oxygen atoms in total. The highest BCUT2D eigenvalue weighted by molar-refractivity contribution is 5.86. The summed E-state index contributed by atoms with van der Waals surface area (Å²) in [7, 11) is 0. The van der Waals surface area contributed by atoms with Crippen LogP contribution >= 0.6 is 0 Å². The van der Waals surface area contributed by atoms with Gasteiger partial charge in [-0.15, -0.1) is 0 Å². The monoisotopic (exact) mass is 550 g/mol. The zero-order valence-electron chi connectivity index (χ0n) is 25.2. The van der Waals surface area contributed by atoms with Gasteiger partial charge >= 0.3 is 12.1 Å². The SMILES string of the molecule is CCC(CC)N(CC(=O)OC(C)(C)C)C(=O)CN(C(=O)OCC1c2ccccc2-c2ccccc21)C(CC)CC. The van der Waals surface area contributed by atoms with Gasteiger partial charge in [0.05, 0.1) is 0 Å². The first-order valence-corrected chi connectivity index (χ1v) is 14.7. The molecule has 0 aliphatic heterocycles. The van der Waals surface area contributed by atoms with Crippen molar-refractivity contribution in [1.29, 1.82) is 0 Å². The summed E-state index contributed by atoms with van der Waals surface area (Å²) in [5, 5.41) is 0. The van der Waals surface area contributed by atoms with Crippen LogP contribution in [0.5, 0.6) is 0 Å². The third-order valence-corrected chi connectivity index (χ3v) is 7.68. The topological polar surface area (TPSA) is 76.2 Å². The van der Waals surface area contributed by atoms with E-state index >= 15 is 0 Å². The average molecular weight is 551 g/mol. The molecule has 0 unspecified atom stereocenters. The van der Waals surface area contributed by atoms with Crippen LogP contribution < -0.4 is 0 Å². The Kier molecular flexibility index (Phi) is 10.8. The minimum atomic E-state index is -0.650. The number of ether oxygens (including phenoxy) is 2. The summed E-state index contributed by atoms with van der Waals surface area (Å²) >= 11 is 0. The van der Waals surface area contributed by atoms with Crippen molar-refractivity contribution in [1.82, 2.24) is 9.80 Å². The number of hydrogen-bond donors (Lipinski definition) is 0. The minimum Gasteiger partial charge on any atom is -0.459 e. The molecule has 1 aliphatic carbocycles. The van der Waals surface area contributed by atoms with Crippen molar-refractivity contribution in [2.75, 3.05) is 19.7 Å². The van der Waals surface area contributed by atoms with Crippen LogP contribution in [-0.4, -0.2) is 65.2 Å². The molecule has 0 bridgehead atoms. The number of carbonyl (C=O) groups excluding carboxylic acids is 3. The van der Waals surface area contributed by atoms with E-state index in [0.29, 0.717) is 25.7 Å². The number of nitrogens with zero attached hydrogens (tertiary/aromatic N) is 2. The Hall–Kier alpha value is -3.35. The fraction of sp³-hybridized carbons (Fsp3) is 0.545. The van der Waals surface area contributed by atoms with Crippen molar-refractivity contribution in [3.63, 3.8) is 0 Å². The lowest BCUT2D eigenvalue weighted by Gasteiger charge is -2.35. The Labute approximate surface area is 239 Å². The third-order valence-electron chi connectivity index (χ3n) is 7.68. The quantitative estimate of drug-likeness (QED) is 0.272. The normalized spacial score (nSPS) is 12.7. The van der Waals surface area contributed by atoms with Gasteiger partial charge in [-0.2, -0.15) is 0 Å². The molecule has 0 N–H and O–H groups in total. The number of hydrogen-bond acceptors (Lipinski definition) is 5. The molecule has 0 aromatic heterocycles. The van der Waals surface area contributed by atoms with E-state index in [9.17, 15) is 14.4 Å². The second-order valence-electron chi connectivity index (χ2n) is 11.5. The van der Waals surface area contributed by atoms with Gasteiger partial charge in [0, 0.05) is 18.0 Å². The van der Waals surface area contributed by atoms with E-state index in [1.165, 1.54) is 0 Å². The Morgan fingerprint density at radius 3 is 1.70 bits per heavy atom. The van der Waals surface area contributed by atoms with Crippen LogP contribution in [0.3, 0.4) is 0 Å². The van der Waals surface area contributed by atoms with Crippen molar-refractivity contribution < 1.29 is 23.9 Å². The molecular weight excluding hydrogens is 504 g/mol.